The first-order chi connectivity index (χ1) is 15.6. The SMILES string of the molecule is COc1ccc(C(=O)CC(C)(C)COc2cccc3nc(C)c(C(=O)O)c(N)c23)cc1OC. The Kier molecular flexibility index (Phi) is 6.76. The molecule has 0 spiro atoms. The maximum atomic E-state index is 12.9. The predicted molar refractivity (Wildman–Crippen MR) is 126 cm³/mol. The zero-order valence-electron chi connectivity index (χ0n) is 19.4. The Balaban J connectivity index is 1.82. The standard InChI is InChI=1S/C25H28N2O6/c1-14-21(24(29)30)23(26)22-16(27-14)7-6-8-19(22)33-13-25(2,3)12-17(28)15-9-10-18(31-4)20(11-15)32-5/h6-11H,12-13H2,1-5H3,(H2,26,27)(H,29,30). The fourth-order valence-electron chi connectivity index (χ4n) is 3.70. The highest BCUT2D eigenvalue weighted by atomic mass is 16.5. The Labute approximate surface area is 192 Å². The molecule has 0 aliphatic heterocycles. The van der Waals surface area contributed by atoms with E-state index < -0.39 is 11.4 Å². The number of carbonyl (C=O) groups is 2. The molecule has 8 nitrogen and oxygen atoms in total. The molecule has 0 unspecified atom stereocenters. The third kappa shape index (κ3) is 5.00. The van der Waals surface area contributed by atoms with Gasteiger partial charge in [-0.2, -0.15) is 0 Å². The number of hydrogen-bond donors (Lipinski definition) is 2. The first kappa shape index (κ1) is 23.8. The van der Waals surface area contributed by atoms with Gasteiger partial charge < -0.3 is 25.1 Å². The fourth-order valence-corrected chi connectivity index (χ4v) is 3.70. The van der Waals surface area contributed by atoms with Gasteiger partial charge in [0.2, 0.25) is 0 Å². The summed E-state index contributed by atoms with van der Waals surface area (Å²) in [6.07, 6.45) is 0.223. The highest BCUT2D eigenvalue weighted by Gasteiger charge is 2.26. The Morgan fingerprint density at radius 2 is 1.76 bits per heavy atom. The van der Waals surface area contributed by atoms with Crippen LogP contribution in [-0.4, -0.2) is 42.7 Å². The van der Waals surface area contributed by atoms with Crippen molar-refractivity contribution >= 4 is 28.3 Å². The summed E-state index contributed by atoms with van der Waals surface area (Å²) in [5, 5.41) is 9.97. The lowest BCUT2D eigenvalue weighted by Crippen LogP contribution is -2.25. The van der Waals surface area contributed by atoms with E-state index in [0.29, 0.717) is 39.4 Å². The van der Waals surface area contributed by atoms with Crippen LogP contribution in [0.5, 0.6) is 17.2 Å². The van der Waals surface area contributed by atoms with E-state index in [1.54, 1.807) is 43.3 Å². The summed E-state index contributed by atoms with van der Waals surface area (Å²) in [6.45, 7) is 5.66. The van der Waals surface area contributed by atoms with E-state index in [1.165, 1.54) is 14.2 Å². The number of nitrogens with zero attached hydrogens (tertiary/aromatic N) is 1. The molecule has 0 radical (unpaired) electrons. The number of nitrogens with two attached hydrogens (primary N) is 1. The van der Waals surface area contributed by atoms with Crippen molar-refractivity contribution < 1.29 is 28.9 Å². The quantitative estimate of drug-likeness (QED) is 0.455. The fraction of sp³-hybridized carbons (Fsp3) is 0.320. The molecule has 0 saturated carbocycles. The van der Waals surface area contributed by atoms with E-state index >= 15 is 0 Å². The average molecular weight is 453 g/mol. The molecule has 3 rings (SSSR count). The van der Waals surface area contributed by atoms with Gasteiger partial charge in [0.05, 0.1) is 43.1 Å². The molecule has 3 aromatic rings. The second-order valence-electron chi connectivity index (χ2n) is 8.56. The van der Waals surface area contributed by atoms with Crippen LogP contribution in [-0.2, 0) is 0 Å². The van der Waals surface area contributed by atoms with Gasteiger partial charge in [0.15, 0.2) is 17.3 Å². The van der Waals surface area contributed by atoms with Crippen LogP contribution >= 0.6 is 0 Å². The molecular formula is C25H28N2O6. The third-order valence-electron chi connectivity index (χ3n) is 5.37. The van der Waals surface area contributed by atoms with E-state index in [9.17, 15) is 14.7 Å². The number of Topliss-reactive ketones (excluding diaryl/α,β-unsaturated/α-hetero) is 1. The Bertz CT molecular complexity index is 1220. The van der Waals surface area contributed by atoms with Crippen LogP contribution in [0, 0.1) is 12.3 Å². The Hall–Kier alpha value is -3.81. The molecule has 0 atom stereocenters. The van der Waals surface area contributed by atoms with Crippen molar-refractivity contribution in [3.8, 4) is 17.2 Å². The number of hydrogen-bond acceptors (Lipinski definition) is 7. The molecule has 0 fully saturated rings. The van der Waals surface area contributed by atoms with Gasteiger partial charge in [-0.05, 0) is 37.3 Å². The molecule has 33 heavy (non-hydrogen) atoms. The maximum absolute atomic E-state index is 12.9. The van der Waals surface area contributed by atoms with Gasteiger partial charge in [-0.3, -0.25) is 9.78 Å². The first-order valence-corrected chi connectivity index (χ1v) is 10.4. The number of carboxylic acids is 1. The van der Waals surface area contributed by atoms with E-state index in [-0.39, 0.29) is 30.1 Å². The zero-order chi connectivity index (χ0) is 24.3. The van der Waals surface area contributed by atoms with Crippen LogP contribution in [0.3, 0.4) is 0 Å². The van der Waals surface area contributed by atoms with Crippen molar-refractivity contribution in [2.45, 2.75) is 27.2 Å². The van der Waals surface area contributed by atoms with Crippen molar-refractivity contribution in [1.29, 1.82) is 0 Å². The summed E-state index contributed by atoms with van der Waals surface area (Å²) in [7, 11) is 3.06. The van der Waals surface area contributed by atoms with E-state index in [0.717, 1.165) is 0 Å². The molecular weight excluding hydrogens is 424 g/mol. The second kappa shape index (κ2) is 9.36. The number of aryl methyl sites for hydroxylation is 1. The number of aromatic nitrogens is 1. The summed E-state index contributed by atoms with van der Waals surface area (Å²) >= 11 is 0. The number of ether oxygens (including phenoxy) is 3. The van der Waals surface area contributed by atoms with Gasteiger partial charge in [0.1, 0.15) is 11.3 Å². The minimum absolute atomic E-state index is 0.0403. The van der Waals surface area contributed by atoms with Gasteiger partial charge >= 0.3 is 5.97 Å². The van der Waals surface area contributed by atoms with Crippen molar-refractivity contribution in [3.05, 3.63) is 53.2 Å². The molecule has 0 aliphatic carbocycles. The van der Waals surface area contributed by atoms with Crippen LogP contribution in [0.4, 0.5) is 5.69 Å². The number of carbonyl (C=O) groups excluding carboxylic acids is 1. The lowest BCUT2D eigenvalue weighted by atomic mass is 9.86. The molecule has 1 heterocycles. The summed E-state index contributed by atoms with van der Waals surface area (Å²) in [6, 6.07) is 10.3. The third-order valence-corrected chi connectivity index (χ3v) is 5.37. The summed E-state index contributed by atoms with van der Waals surface area (Å²) < 4.78 is 16.6. The smallest absolute Gasteiger partial charge is 0.339 e. The van der Waals surface area contributed by atoms with Crippen LogP contribution in [0.2, 0.25) is 0 Å². The number of aromatic carboxylic acids is 1. The molecule has 174 valence electrons. The predicted octanol–water partition coefficient (Wildman–Crippen LogP) is 4.52. The highest BCUT2D eigenvalue weighted by molar-refractivity contribution is 6.06. The van der Waals surface area contributed by atoms with Crippen LogP contribution < -0.4 is 19.9 Å². The second-order valence-corrected chi connectivity index (χ2v) is 8.56. The first-order valence-electron chi connectivity index (χ1n) is 10.4. The van der Waals surface area contributed by atoms with Crippen molar-refractivity contribution in [1.82, 2.24) is 4.98 Å². The minimum Gasteiger partial charge on any atom is -0.493 e. The maximum Gasteiger partial charge on any atom is 0.339 e. The highest BCUT2D eigenvalue weighted by Crippen LogP contribution is 2.35. The average Bonchev–Trinajstić information content (AvgIpc) is 2.76. The zero-order valence-corrected chi connectivity index (χ0v) is 19.4. The van der Waals surface area contributed by atoms with Crippen LogP contribution in [0.1, 0.15) is 46.7 Å². The molecule has 0 bridgehead atoms. The Morgan fingerprint density at radius 1 is 1.06 bits per heavy atom. The number of benzene rings is 2. The molecule has 8 heteroatoms. The lowest BCUT2D eigenvalue weighted by molar-refractivity contribution is 0.0696. The molecule has 3 N–H and O–H groups in total. The van der Waals surface area contributed by atoms with Crippen molar-refractivity contribution in [2.75, 3.05) is 26.6 Å². The van der Waals surface area contributed by atoms with Crippen molar-refractivity contribution in [3.63, 3.8) is 0 Å². The van der Waals surface area contributed by atoms with Gasteiger partial charge in [0.25, 0.3) is 0 Å². The van der Waals surface area contributed by atoms with E-state index in [2.05, 4.69) is 4.98 Å². The normalized spacial score (nSPS) is 11.3. The van der Waals surface area contributed by atoms with E-state index in [4.69, 9.17) is 19.9 Å². The number of pyridine rings is 1. The van der Waals surface area contributed by atoms with Gasteiger partial charge in [-0.15, -0.1) is 0 Å². The summed E-state index contributed by atoms with van der Waals surface area (Å²) in [5.41, 5.74) is 7.14. The number of methoxy groups -OCH3 is 2. The Morgan fingerprint density at radius 3 is 2.39 bits per heavy atom. The molecule has 2 aromatic carbocycles. The number of anilines is 1. The number of nitrogen functional groups attached to an aromatic ring is 1. The van der Waals surface area contributed by atoms with Gasteiger partial charge in [-0.25, -0.2) is 4.79 Å². The monoisotopic (exact) mass is 452 g/mol. The molecule has 0 amide bonds. The van der Waals surface area contributed by atoms with Crippen molar-refractivity contribution in [2.24, 2.45) is 5.41 Å². The lowest BCUT2D eigenvalue weighted by Gasteiger charge is -2.25. The largest absolute Gasteiger partial charge is 0.493 e. The van der Waals surface area contributed by atoms with Gasteiger partial charge in [0, 0.05) is 17.4 Å². The van der Waals surface area contributed by atoms with Gasteiger partial charge in [-0.1, -0.05) is 19.9 Å². The number of rotatable bonds is 9. The number of carboxylic acid groups (broad SMARTS) is 1. The molecule has 1 aromatic heterocycles. The van der Waals surface area contributed by atoms with E-state index in [1.807, 2.05) is 13.8 Å². The minimum atomic E-state index is -1.14. The molecule has 0 saturated heterocycles. The topological polar surface area (TPSA) is 121 Å². The number of fused-ring (bicyclic) bond motifs is 1. The summed E-state index contributed by atoms with van der Waals surface area (Å²) in [5.74, 6) is 0.254. The molecule has 0 aliphatic rings. The van der Waals surface area contributed by atoms with Crippen LogP contribution in [0.15, 0.2) is 36.4 Å². The number of ketones is 1. The van der Waals surface area contributed by atoms with Crippen LogP contribution in [0.25, 0.3) is 10.9 Å². The summed E-state index contributed by atoms with van der Waals surface area (Å²) in [4.78, 5) is 28.9.